The molecule has 5 heterocycles. The summed E-state index contributed by atoms with van der Waals surface area (Å²) in [5.41, 5.74) is 4.67. The van der Waals surface area contributed by atoms with Gasteiger partial charge in [-0.05, 0) is 114 Å². The fourth-order valence-electron chi connectivity index (χ4n) is 10.2. The second kappa shape index (κ2) is 17.4. The molecule has 1 aliphatic carbocycles. The van der Waals surface area contributed by atoms with Crippen LogP contribution in [0.4, 0.5) is 21.5 Å². The predicted molar refractivity (Wildman–Crippen MR) is 238 cm³/mol. The zero-order valence-electron chi connectivity index (χ0n) is 35.2. The Kier molecular flexibility index (Phi) is 11.8. The van der Waals surface area contributed by atoms with Gasteiger partial charge in [0.2, 0.25) is 0 Å². The van der Waals surface area contributed by atoms with Crippen LogP contribution in [0.3, 0.4) is 0 Å². The van der Waals surface area contributed by atoms with Crippen molar-refractivity contribution in [3.8, 4) is 11.5 Å². The summed E-state index contributed by atoms with van der Waals surface area (Å²) < 4.78 is 55.7. The number of halogens is 1. The van der Waals surface area contributed by atoms with Gasteiger partial charge in [-0.1, -0.05) is 44.5 Å². The van der Waals surface area contributed by atoms with Gasteiger partial charge >= 0.3 is 0 Å². The summed E-state index contributed by atoms with van der Waals surface area (Å²) in [6.45, 7) is 10.3. The second-order valence-electron chi connectivity index (χ2n) is 17.9. The summed E-state index contributed by atoms with van der Waals surface area (Å²) in [5, 5.41) is 6.49. The van der Waals surface area contributed by atoms with Crippen LogP contribution in [0, 0.1) is 22.1 Å². The lowest BCUT2D eigenvalue weighted by atomic mass is 9.70. The molecule has 5 aromatic rings. The van der Waals surface area contributed by atoms with Gasteiger partial charge in [-0.15, -0.1) is 4.91 Å². The number of piperidine rings is 1. The number of carbonyl (C=O) groups excluding carboxylic acids is 1. The van der Waals surface area contributed by atoms with Crippen LogP contribution in [-0.4, -0.2) is 81.2 Å². The maximum absolute atomic E-state index is 14.6. The molecule has 3 saturated heterocycles. The van der Waals surface area contributed by atoms with Crippen LogP contribution in [0.25, 0.3) is 11.0 Å². The highest BCUT2D eigenvalue weighted by Crippen LogP contribution is 2.49. The zero-order valence-corrected chi connectivity index (χ0v) is 36.1. The largest absolute Gasteiger partial charge is 0.455 e. The topological polar surface area (TPSA) is 158 Å². The first-order valence-corrected chi connectivity index (χ1v) is 23.4. The van der Waals surface area contributed by atoms with Crippen LogP contribution in [-0.2, 0) is 14.8 Å². The molecule has 326 valence electrons. The van der Waals surface area contributed by atoms with Gasteiger partial charge in [0.05, 0.1) is 27.7 Å². The summed E-state index contributed by atoms with van der Waals surface area (Å²) in [7, 11) is -4.46. The van der Waals surface area contributed by atoms with E-state index in [1.54, 1.807) is 18.2 Å². The molecule has 3 aromatic carbocycles. The standard InChI is InChI=1S/C47H54FN7O6S/c1-30(2)35-6-3-4-7-36(35)37-8-5-9-43(37)55-28-47(29-55)16-18-54(19-17-47)32-10-12-38(44(22-32)61-33-23-39-40(48)27-51-45(39)50-26-33)46(56)53-62(58,59)34-11-13-41(42(24-34)52-57)49-25-31-14-20-60-21-15-31/h3-4,6-7,10-13,22-24,26-27,30-31,37,43,49H,5,8-9,14-21,25,28-29H2,1-2H3,(H,50,51)(H,53,56)/t37-,43-/m1/s1. The minimum atomic E-state index is -4.46. The van der Waals surface area contributed by atoms with E-state index in [-0.39, 0.29) is 38.4 Å². The molecule has 2 atom stereocenters. The molecule has 0 unspecified atom stereocenters. The number of nitroso groups, excluding NO2 is 1. The highest BCUT2D eigenvalue weighted by molar-refractivity contribution is 7.90. The van der Waals surface area contributed by atoms with Crippen molar-refractivity contribution < 1.29 is 27.1 Å². The molecular weight excluding hydrogens is 810 g/mol. The number of nitrogens with zero attached hydrogens (tertiary/aromatic N) is 4. The van der Waals surface area contributed by atoms with Gasteiger partial charge in [0.1, 0.15) is 28.7 Å². The zero-order chi connectivity index (χ0) is 43.0. The van der Waals surface area contributed by atoms with Crippen molar-refractivity contribution >= 4 is 44.0 Å². The van der Waals surface area contributed by atoms with Crippen molar-refractivity contribution in [2.75, 3.05) is 56.2 Å². The van der Waals surface area contributed by atoms with Crippen molar-refractivity contribution in [3.63, 3.8) is 0 Å². The van der Waals surface area contributed by atoms with Crippen LogP contribution in [0.5, 0.6) is 11.5 Å². The third kappa shape index (κ3) is 8.54. The van der Waals surface area contributed by atoms with Gasteiger partial charge in [-0.2, -0.15) is 0 Å². The van der Waals surface area contributed by atoms with Gasteiger partial charge in [-0.3, -0.25) is 9.69 Å². The summed E-state index contributed by atoms with van der Waals surface area (Å²) >= 11 is 0. The average Bonchev–Trinajstić information content (AvgIpc) is 3.91. The van der Waals surface area contributed by atoms with Gasteiger partial charge in [0.15, 0.2) is 0 Å². The molecule has 0 bridgehead atoms. The molecule has 3 N–H and O–H groups in total. The number of benzene rings is 3. The van der Waals surface area contributed by atoms with E-state index < -0.39 is 21.7 Å². The number of hydrogen-bond donors (Lipinski definition) is 3. The van der Waals surface area contributed by atoms with E-state index in [9.17, 15) is 22.5 Å². The quantitative estimate of drug-likeness (QED) is 0.0975. The summed E-state index contributed by atoms with van der Waals surface area (Å²) in [5.74, 6) is 0.221. The van der Waals surface area contributed by atoms with Gasteiger partial charge in [-0.25, -0.2) is 22.5 Å². The van der Waals surface area contributed by atoms with E-state index in [0.29, 0.717) is 54.9 Å². The van der Waals surface area contributed by atoms with E-state index in [0.717, 1.165) is 63.6 Å². The van der Waals surface area contributed by atoms with E-state index in [1.807, 2.05) is 0 Å². The molecule has 4 fully saturated rings. The van der Waals surface area contributed by atoms with Crippen molar-refractivity contribution in [1.29, 1.82) is 0 Å². The number of aromatic amines is 1. The fraction of sp³-hybridized carbons (Fsp3) is 0.447. The number of pyridine rings is 1. The minimum absolute atomic E-state index is 0.0521. The van der Waals surface area contributed by atoms with Crippen LogP contribution in [0.15, 0.2) is 89.2 Å². The number of fused-ring (bicyclic) bond motifs is 1. The Morgan fingerprint density at radius 1 is 1.03 bits per heavy atom. The highest BCUT2D eigenvalue weighted by atomic mass is 32.2. The van der Waals surface area contributed by atoms with E-state index in [2.05, 4.69) is 73.1 Å². The lowest BCUT2D eigenvalue weighted by Gasteiger charge is -2.57. The fourth-order valence-corrected chi connectivity index (χ4v) is 11.2. The third-order valence-corrected chi connectivity index (χ3v) is 15.0. The molecule has 13 nitrogen and oxygen atoms in total. The molecule has 9 rings (SSSR count). The Hall–Kier alpha value is -5.38. The molecule has 0 radical (unpaired) electrons. The molecule has 4 aliphatic rings. The maximum Gasteiger partial charge on any atom is 0.268 e. The Labute approximate surface area is 361 Å². The molecule has 2 aromatic heterocycles. The Bertz CT molecular complexity index is 2560. The summed E-state index contributed by atoms with van der Waals surface area (Å²) in [6.07, 6.45) is 10.2. The lowest BCUT2D eigenvalue weighted by Crippen LogP contribution is -2.63. The summed E-state index contributed by atoms with van der Waals surface area (Å²) in [6, 6.07) is 20.1. The molecule has 1 spiro atoms. The molecule has 62 heavy (non-hydrogen) atoms. The van der Waals surface area contributed by atoms with Crippen molar-refractivity contribution in [3.05, 3.63) is 107 Å². The number of hydrogen-bond acceptors (Lipinski definition) is 11. The first-order chi connectivity index (χ1) is 30.0. The van der Waals surface area contributed by atoms with Crippen LogP contribution < -0.4 is 19.7 Å². The van der Waals surface area contributed by atoms with Crippen molar-refractivity contribution in [2.45, 2.75) is 81.6 Å². The number of amides is 1. The monoisotopic (exact) mass is 863 g/mol. The first kappa shape index (κ1) is 41.9. The second-order valence-corrected chi connectivity index (χ2v) is 19.6. The SMILES string of the molecule is CC(C)c1ccccc1[C@H]1CCC[C@H]1N1CC2(CCN(c3ccc(C(=O)NS(=O)(=O)c4ccc(NCC5CCOCC5)c(N=O)c4)c(Oc4cnc5[nH]cc(F)c5c4)c3)CC2)C1. The molecular formula is C47H54FN7O6S. The Morgan fingerprint density at radius 2 is 1.82 bits per heavy atom. The molecule has 1 amide bonds. The number of anilines is 2. The number of nitrogens with one attached hydrogen (secondary N) is 3. The first-order valence-electron chi connectivity index (χ1n) is 21.9. The Morgan fingerprint density at radius 3 is 2.60 bits per heavy atom. The molecule has 15 heteroatoms. The highest BCUT2D eigenvalue weighted by Gasteiger charge is 2.49. The minimum Gasteiger partial charge on any atom is -0.455 e. The van der Waals surface area contributed by atoms with Crippen LogP contribution >= 0.6 is 0 Å². The van der Waals surface area contributed by atoms with Gasteiger partial charge < -0.3 is 24.7 Å². The van der Waals surface area contributed by atoms with Crippen molar-refractivity contribution in [1.82, 2.24) is 19.6 Å². The number of likely N-dealkylation sites (tertiary alicyclic amines) is 1. The number of sulfonamides is 1. The summed E-state index contributed by atoms with van der Waals surface area (Å²) in [4.78, 5) is 37.5. The van der Waals surface area contributed by atoms with Gasteiger partial charge in [0, 0.05) is 69.9 Å². The van der Waals surface area contributed by atoms with E-state index >= 15 is 0 Å². The lowest BCUT2D eigenvalue weighted by molar-refractivity contribution is -0.0493. The normalized spacial score (nSPS) is 20.7. The molecule has 1 saturated carbocycles. The number of ether oxygens (including phenoxy) is 2. The number of carbonyl (C=O) groups is 1. The van der Waals surface area contributed by atoms with Crippen molar-refractivity contribution in [2.24, 2.45) is 16.5 Å². The predicted octanol–water partition coefficient (Wildman–Crippen LogP) is 9.21. The van der Waals surface area contributed by atoms with E-state index in [4.69, 9.17) is 9.47 Å². The number of rotatable bonds is 13. The Balaban J connectivity index is 0.905. The number of H-pyrrole nitrogens is 1. The molecule has 3 aliphatic heterocycles. The maximum atomic E-state index is 14.6. The van der Waals surface area contributed by atoms with E-state index in [1.165, 1.54) is 61.0 Å². The van der Waals surface area contributed by atoms with Crippen LogP contribution in [0.1, 0.15) is 92.1 Å². The smallest absolute Gasteiger partial charge is 0.268 e. The van der Waals surface area contributed by atoms with Gasteiger partial charge in [0.25, 0.3) is 15.9 Å². The number of aromatic nitrogens is 2. The van der Waals surface area contributed by atoms with Crippen LogP contribution in [0.2, 0.25) is 0 Å². The third-order valence-electron chi connectivity index (χ3n) is 13.7. The average molecular weight is 864 g/mol.